The van der Waals surface area contributed by atoms with E-state index >= 15 is 0 Å². The van der Waals surface area contributed by atoms with E-state index in [0.29, 0.717) is 0 Å². The summed E-state index contributed by atoms with van der Waals surface area (Å²) in [6.45, 7) is 0. The van der Waals surface area contributed by atoms with Crippen molar-refractivity contribution in [2.75, 3.05) is 0 Å². The number of hydrogen-bond acceptors (Lipinski definition) is 3. The van der Waals surface area contributed by atoms with Crippen LogP contribution in [-0.4, -0.2) is 9.78 Å². The summed E-state index contributed by atoms with van der Waals surface area (Å²) in [7, 11) is 1.89. The van der Waals surface area contributed by atoms with Gasteiger partial charge in [-0.2, -0.15) is 5.10 Å². The van der Waals surface area contributed by atoms with Crippen molar-refractivity contribution in [1.29, 1.82) is 0 Å². The molecule has 2 rings (SSSR count). The minimum absolute atomic E-state index is 0.0851. The predicted octanol–water partition coefficient (Wildman–Crippen LogP) is 2.29. The fourth-order valence-corrected chi connectivity index (χ4v) is 2.93. The third-order valence-electron chi connectivity index (χ3n) is 2.01. The molecule has 0 bridgehead atoms. The van der Waals surface area contributed by atoms with Crippen molar-refractivity contribution in [3.8, 4) is 0 Å². The van der Waals surface area contributed by atoms with Crippen LogP contribution in [0.5, 0.6) is 0 Å². The Hall–Kier alpha value is -0.650. The molecule has 1 unspecified atom stereocenters. The number of nitrogens with zero attached hydrogens (tertiary/aromatic N) is 2. The van der Waals surface area contributed by atoms with Crippen LogP contribution in [-0.2, 0) is 7.05 Å². The summed E-state index contributed by atoms with van der Waals surface area (Å²) in [6, 6.07) is 1.93. The van der Waals surface area contributed by atoms with Gasteiger partial charge in [-0.3, -0.25) is 4.68 Å². The quantitative estimate of drug-likeness (QED) is 0.911. The Labute approximate surface area is 94.7 Å². The lowest BCUT2D eigenvalue weighted by atomic mass is 10.1. The number of halogens is 1. The van der Waals surface area contributed by atoms with Gasteiger partial charge in [0, 0.05) is 28.2 Å². The molecule has 0 fully saturated rings. The van der Waals surface area contributed by atoms with Gasteiger partial charge in [-0.05, 0) is 27.4 Å². The molecule has 0 aromatic carbocycles. The van der Waals surface area contributed by atoms with Gasteiger partial charge in [-0.25, -0.2) is 0 Å². The molecule has 5 heteroatoms. The van der Waals surface area contributed by atoms with E-state index in [-0.39, 0.29) is 6.04 Å². The number of aromatic nitrogens is 2. The summed E-state index contributed by atoms with van der Waals surface area (Å²) in [5.74, 6) is 0. The Morgan fingerprint density at radius 2 is 2.43 bits per heavy atom. The van der Waals surface area contributed by atoms with E-state index in [0.717, 1.165) is 14.9 Å². The van der Waals surface area contributed by atoms with E-state index < -0.39 is 0 Å². The van der Waals surface area contributed by atoms with Crippen LogP contribution in [0.4, 0.5) is 0 Å². The summed E-state index contributed by atoms with van der Waals surface area (Å²) in [5.41, 5.74) is 7.14. The van der Waals surface area contributed by atoms with E-state index in [4.69, 9.17) is 5.73 Å². The fourth-order valence-electron chi connectivity index (χ4n) is 1.28. The number of rotatable bonds is 2. The molecule has 0 aliphatic heterocycles. The molecule has 14 heavy (non-hydrogen) atoms. The van der Waals surface area contributed by atoms with Crippen molar-refractivity contribution in [3.63, 3.8) is 0 Å². The minimum atomic E-state index is -0.0851. The van der Waals surface area contributed by atoms with Crippen LogP contribution in [0.25, 0.3) is 0 Å². The SMILES string of the molecule is Cn1cc(C(N)c2sccc2Br)cn1. The van der Waals surface area contributed by atoms with Gasteiger partial charge >= 0.3 is 0 Å². The molecule has 3 nitrogen and oxygen atoms in total. The number of nitrogens with two attached hydrogens (primary N) is 1. The van der Waals surface area contributed by atoms with E-state index in [1.165, 1.54) is 0 Å². The number of hydrogen-bond donors (Lipinski definition) is 1. The zero-order valence-electron chi connectivity index (χ0n) is 7.64. The maximum atomic E-state index is 6.10. The lowest BCUT2D eigenvalue weighted by Gasteiger charge is -2.07. The molecule has 2 heterocycles. The van der Waals surface area contributed by atoms with Crippen LogP contribution in [0, 0.1) is 0 Å². The van der Waals surface area contributed by atoms with E-state index in [2.05, 4.69) is 21.0 Å². The predicted molar refractivity (Wildman–Crippen MR) is 61.3 cm³/mol. The molecule has 0 radical (unpaired) electrons. The van der Waals surface area contributed by atoms with Gasteiger partial charge in [0.2, 0.25) is 0 Å². The van der Waals surface area contributed by atoms with Gasteiger partial charge in [0.15, 0.2) is 0 Å². The van der Waals surface area contributed by atoms with E-state index in [1.807, 2.05) is 24.7 Å². The first kappa shape index (κ1) is 9.89. The largest absolute Gasteiger partial charge is 0.319 e. The lowest BCUT2D eigenvalue weighted by molar-refractivity contribution is 0.765. The summed E-state index contributed by atoms with van der Waals surface area (Å²) in [5, 5.41) is 6.13. The number of thiophene rings is 1. The molecule has 2 aromatic rings. The molecule has 0 saturated carbocycles. The zero-order valence-corrected chi connectivity index (χ0v) is 10.0. The van der Waals surface area contributed by atoms with Crippen LogP contribution in [0.1, 0.15) is 16.5 Å². The van der Waals surface area contributed by atoms with Crippen LogP contribution < -0.4 is 5.73 Å². The second kappa shape index (κ2) is 3.84. The van der Waals surface area contributed by atoms with Gasteiger partial charge < -0.3 is 5.73 Å². The highest BCUT2D eigenvalue weighted by atomic mass is 79.9. The van der Waals surface area contributed by atoms with Crippen LogP contribution >= 0.6 is 27.3 Å². The van der Waals surface area contributed by atoms with Crippen molar-refractivity contribution in [2.45, 2.75) is 6.04 Å². The molecule has 0 saturated heterocycles. The maximum absolute atomic E-state index is 6.10. The summed E-state index contributed by atoms with van der Waals surface area (Å²) < 4.78 is 2.83. The highest BCUT2D eigenvalue weighted by Crippen LogP contribution is 2.31. The first-order valence-electron chi connectivity index (χ1n) is 4.15. The molecule has 74 valence electrons. The maximum Gasteiger partial charge on any atom is 0.0688 e. The number of aryl methyl sites for hydroxylation is 1. The summed E-state index contributed by atoms with van der Waals surface area (Å²) in [4.78, 5) is 1.14. The highest BCUT2D eigenvalue weighted by Gasteiger charge is 2.14. The summed E-state index contributed by atoms with van der Waals surface area (Å²) >= 11 is 5.13. The first-order chi connectivity index (χ1) is 6.68. The molecule has 1 atom stereocenters. The van der Waals surface area contributed by atoms with Crippen molar-refractivity contribution in [3.05, 3.63) is 38.8 Å². The third-order valence-corrected chi connectivity index (χ3v) is 3.97. The van der Waals surface area contributed by atoms with Crippen molar-refractivity contribution < 1.29 is 0 Å². The van der Waals surface area contributed by atoms with Gasteiger partial charge in [0.1, 0.15) is 0 Å². The molecule has 0 aliphatic rings. The summed E-state index contributed by atoms with van der Waals surface area (Å²) in [6.07, 6.45) is 3.74. The van der Waals surface area contributed by atoms with Crippen LogP contribution in [0.15, 0.2) is 28.3 Å². The molecule has 2 N–H and O–H groups in total. The average Bonchev–Trinajstić information content (AvgIpc) is 2.73. The lowest BCUT2D eigenvalue weighted by Crippen LogP contribution is -2.09. The van der Waals surface area contributed by atoms with Crippen molar-refractivity contribution in [1.82, 2.24) is 9.78 Å². The Morgan fingerprint density at radius 1 is 1.64 bits per heavy atom. The topological polar surface area (TPSA) is 43.8 Å². The van der Waals surface area contributed by atoms with Gasteiger partial charge in [-0.1, -0.05) is 0 Å². The fraction of sp³-hybridized carbons (Fsp3) is 0.222. The van der Waals surface area contributed by atoms with Crippen molar-refractivity contribution in [2.24, 2.45) is 12.8 Å². The van der Waals surface area contributed by atoms with Crippen LogP contribution in [0.3, 0.4) is 0 Å². The minimum Gasteiger partial charge on any atom is -0.319 e. The third kappa shape index (κ3) is 1.75. The Morgan fingerprint density at radius 3 is 2.93 bits per heavy atom. The normalized spacial score (nSPS) is 13.1. The molecule has 0 spiro atoms. The van der Waals surface area contributed by atoms with Gasteiger partial charge in [0.05, 0.1) is 12.2 Å². The highest BCUT2D eigenvalue weighted by molar-refractivity contribution is 9.10. The smallest absolute Gasteiger partial charge is 0.0688 e. The Bertz CT molecular complexity index is 435. The first-order valence-corrected chi connectivity index (χ1v) is 5.83. The average molecular weight is 272 g/mol. The van der Waals surface area contributed by atoms with Crippen molar-refractivity contribution >= 4 is 27.3 Å². The zero-order chi connectivity index (χ0) is 10.1. The van der Waals surface area contributed by atoms with Gasteiger partial charge in [0.25, 0.3) is 0 Å². The standard InChI is InChI=1S/C9H10BrN3S/c1-13-5-6(4-12-13)8(11)9-7(10)2-3-14-9/h2-5,8H,11H2,1H3. The van der Waals surface area contributed by atoms with Crippen LogP contribution in [0.2, 0.25) is 0 Å². The van der Waals surface area contributed by atoms with Gasteiger partial charge in [-0.15, -0.1) is 11.3 Å². The molecular weight excluding hydrogens is 262 g/mol. The molecular formula is C9H10BrN3S. The monoisotopic (exact) mass is 271 g/mol. The van der Waals surface area contributed by atoms with E-state index in [1.54, 1.807) is 22.2 Å². The second-order valence-electron chi connectivity index (χ2n) is 3.06. The molecule has 0 amide bonds. The molecule has 0 aliphatic carbocycles. The Balaban J connectivity index is 2.33. The van der Waals surface area contributed by atoms with E-state index in [9.17, 15) is 0 Å². The Kier molecular flexibility index (Phi) is 2.71. The molecule has 2 aromatic heterocycles. The second-order valence-corrected chi connectivity index (χ2v) is 4.86.